The van der Waals surface area contributed by atoms with Gasteiger partial charge in [0.15, 0.2) is 5.69 Å². The van der Waals surface area contributed by atoms with Gasteiger partial charge in [0.1, 0.15) is 5.69 Å². The summed E-state index contributed by atoms with van der Waals surface area (Å²) in [5, 5.41) is 4.27. The largest absolute Gasteiger partial charge is 0.416 e. The number of hydrogen-bond acceptors (Lipinski definition) is 4. The van der Waals surface area contributed by atoms with Crippen molar-refractivity contribution in [1.82, 2.24) is 19.6 Å². The van der Waals surface area contributed by atoms with Crippen molar-refractivity contribution in [2.75, 3.05) is 37.6 Å². The van der Waals surface area contributed by atoms with Crippen molar-refractivity contribution in [2.24, 2.45) is 0 Å². The minimum absolute atomic E-state index is 0.0191. The van der Waals surface area contributed by atoms with Gasteiger partial charge in [-0.05, 0) is 35.9 Å². The van der Waals surface area contributed by atoms with E-state index in [1.807, 2.05) is 0 Å². The second-order valence-electron chi connectivity index (χ2n) is 9.39. The van der Waals surface area contributed by atoms with Gasteiger partial charge in [0.05, 0.1) is 17.7 Å². The number of fused-ring (bicyclic) bond motifs is 1. The fraction of sp³-hybridized carbons (Fsp3) is 0.346. The summed E-state index contributed by atoms with van der Waals surface area (Å²) in [6.45, 7) is 1.63. The Labute approximate surface area is 219 Å². The highest BCUT2D eigenvalue weighted by Gasteiger charge is 2.34. The normalized spacial score (nSPS) is 16.5. The molecule has 0 atom stereocenters. The zero-order valence-electron chi connectivity index (χ0n) is 20.5. The van der Waals surface area contributed by atoms with Gasteiger partial charge in [-0.1, -0.05) is 18.2 Å². The van der Waals surface area contributed by atoms with Crippen molar-refractivity contribution >= 4 is 17.5 Å². The van der Waals surface area contributed by atoms with Gasteiger partial charge in [0.25, 0.3) is 11.8 Å². The lowest BCUT2D eigenvalue weighted by molar-refractivity contribution is -0.138. The molecule has 1 saturated heterocycles. The zero-order valence-corrected chi connectivity index (χ0v) is 20.5. The number of hydrogen-bond donors (Lipinski definition) is 0. The number of carbonyl (C=O) groups excluding carboxylic acids is 2. The molecule has 3 aromatic rings. The highest BCUT2D eigenvalue weighted by atomic mass is 19.4. The number of alkyl halides is 6. The number of benzene rings is 2. The van der Waals surface area contributed by atoms with Gasteiger partial charge in [0.2, 0.25) is 0 Å². The molecule has 0 spiro atoms. The van der Waals surface area contributed by atoms with E-state index in [4.69, 9.17) is 0 Å². The molecule has 2 aliphatic rings. The summed E-state index contributed by atoms with van der Waals surface area (Å²) < 4.78 is 79.7. The number of amides is 2. The summed E-state index contributed by atoms with van der Waals surface area (Å²) in [4.78, 5) is 30.9. The van der Waals surface area contributed by atoms with Crippen LogP contribution < -0.4 is 4.90 Å². The van der Waals surface area contributed by atoms with Crippen LogP contribution in [0.4, 0.5) is 32.0 Å². The first-order valence-electron chi connectivity index (χ1n) is 12.1. The topological polar surface area (TPSA) is 61.7 Å². The van der Waals surface area contributed by atoms with Crippen LogP contribution >= 0.6 is 0 Å². The Morgan fingerprint density at radius 3 is 2.10 bits per heavy atom. The average molecular weight is 551 g/mol. The van der Waals surface area contributed by atoms with Crippen molar-refractivity contribution < 1.29 is 35.9 Å². The molecule has 0 radical (unpaired) electrons. The molecular formula is C26H23F6N5O2. The third-order valence-corrected chi connectivity index (χ3v) is 6.82. The smallest absolute Gasteiger partial charge is 0.368 e. The van der Waals surface area contributed by atoms with E-state index in [0.29, 0.717) is 24.3 Å². The molecular weight excluding hydrogens is 528 g/mol. The summed E-state index contributed by atoms with van der Waals surface area (Å²) in [5.74, 6) is -0.850. The molecule has 13 heteroatoms. The van der Waals surface area contributed by atoms with Crippen LogP contribution in [0.25, 0.3) is 0 Å². The quantitative estimate of drug-likeness (QED) is 0.447. The van der Waals surface area contributed by atoms with Gasteiger partial charge >= 0.3 is 12.4 Å². The average Bonchev–Trinajstić information content (AvgIpc) is 3.35. The molecule has 0 bridgehead atoms. The molecule has 2 amide bonds. The summed E-state index contributed by atoms with van der Waals surface area (Å²) in [6.07, 6.45) is -8.94. The molecule has 0 unspecified atom stereocenters. The van der Waals surface area contributed by atoms with Crippen LogP contribution in [0.2, 0.25) is 0 Å². The van der Waals surface area contributed by atoms with Crippen molar-refractivity contribution in [2.45, 2.75) is 25.4 Å². The van der Waals surface area contributed by atoms with Gasteiger partial charge in [0, 0.05) is 51.0 Å². The van der Waals surface area contributed by atoms with Crippen molar-refractivity contribution in [3.8, 4) is 0 Å². The van der Waals surface area contributed by atoms with Crippen LogP contribution in [0.1, 0.15) is 37.7 Å². The van der Waals surface area contributed by atoms with E-state index >= 15 is 0 Å². The molecule has 0 saturated carbocycles. The van der Waals surface area contributed by atoms with Gasteiger partial charge < -0.3 is 14.7 Å². The van der Waals surface area contributed by atoms with Crippen LogP contribution in [0.3, 0.4) is 0 Å². The summed E-state index contributed by atoms with van der Waals surface area (Å²) >= 11 is 0. The van der Waals surface area contributed by atoms with Gasteiger partial charge in [-0.3, -0.25) is 14.3 Å². The molecule has 206 valence electrons. The van der Waals surface area contributed by atoms with Gasteiger partial charge in [-0.25, -0.2) is 0 Å². The van der Waals surface area contributed by atoms with E-state index in [1.165, 1.54) is 38.7 Å². The molecule has 0 aliphatic carbocycles. The first-order chi connectivity index (χ1) is 18.4. The van der Waals surface area contributed by atoms with Gasteiger partial charge in [-0.15, -0.1) is 0 Å². The third kappa shape index (κ3) is 5.57. The van der Waals surface area contributed by atoms with Crippen molar-refractivity contribution in [1.29, 1.82) is 0 Å². The van der Waals surface area contributed by atoms with E-state index in [9.17, 15) is 35.9 Å². The summed E-state index contributed by atoms with van der Waals surface area (Å²) in [6, 6.07) is 11.2. The predicted molar refractivity (Wildman–Crippen MR) is 128 cm³/mol. The molecule has 0 N–H and O–H groups in total. The molecule has 1 aromatic heterocycles. The predicted octanol–water partition coefficient (Wildman–Crippen LogP) is 4.54. The van der Waals surface area contributed by atoms with E-state index < -0.39 is 35.3 Å². The van der Waals surface area contributed by atoms with Crippen LogP contribution in [0.15, 0.2) is 54.6 Å². The minimum Gasteiger partial charge on any atom is -0.368 e. The van der Waals surface area contributed by atoms with Crippen LogP contribution in [-0.2, 0) is 25.4 Å². The SMILES string of the molecule is O=C(c1cc2n(n1)CCN(Cc1cccc(C(F)(F)F)c1)C2=O)N1CCN(c2cccc(C(F)(F)F)c2)CC1. The van der Waals surface area contributed by atoms with E-state index in [-0.39, 0.29) is 44.1 Å². The fourth-order valence-corrected chi connectivity index (χ4v) is 4.77. The summed E-state index contributed by atoms with van der Waals surface area (Å²) in [7, 11) is 0. The number of nitrogens with zero attached hydrogens (tertiary/aromatic N) is 5. The third-order valence-electron chi connectivity index (χ3n) is 6.82. The van der Waals surface area contributed by atoms with E-state index in [1.54, 1.807) is 11.0 Å². The lowest BCUT2D eigenvalue weighted by Crippen LogP contribution is -2.49. The lowest BCUT2D eigenvalue weighted by atomic mass is 10.1. The summed E-state index contributed by atoms with van der Waals surface area (Å²) in [5.41, 5.74) is -0.558. The Morgan fingerprint density at radius 2 is 1.44 bits per heavy atom. The molecule has 7 nitrogen and oxygen atoms in total. The van der Waals surface area contributed by atoms with Crippen molar-refractivity contribution in [3.05, 3.63) is 82.7 Å². The maximum atomic E-state index is 13.1. The second-order valence-corrected chi connectivity index (χ2v) is 9.39. The van der Waals surface area contributed by atoms with Crippen molar-refractivity contribution in [3.63, 3.8) is 0 Å². The monoisotopic (exact) mass is 551 g/mol. The number of carbonyl (C=O) groups is 2. The molecule has 5 rings (SSSR count). The number of aromatic nitrogens is 2. The number of halogens is 6. The number of rotatable bonds is 4. The molecule has 2 aliphatic heterocycles. The van der Waals surface area contributed by atoms with Crippen LogP contribution in [0.5, 0.6) is 0 Å². The Morgan fingerprint density at radius 1 is 0.795 bits per heavy atom. The van der Waals surface area contributed by atoms with Gasteiger partial charge in [-0.2, -0.15) is 31.4 Å². The van der Waals surface area contributed by atoms with E-state index in [2.05, 4.69) is 5.10 Å². The number of anilines is 1. The lowest BCUT2D eigenvalue weighted by Gasteiger charge is -2.36. The number of piperazine rings is 1. The molecule has 2 aromatic carbocycles. The van der Waals surface area contributed by atoms with Crippen LogP contribution in [0, 0.1) is 0 Å². The zero-order chi connectivity index (χ0) is 27.9. The Balaban J connectivity index is 1.23. The minimum atomic E-state index is -4.49. The maximum absolute atomic E-state index is 13.1. The maximum Gasteiger partial charge on any atom is 0.416 e. The second kappa shape index (κ2) is 9.93. The Hall–Kier alpha value is -4.03. The first kappa shape index (κ1) is 26.6. The molecule has 1 fully saturated rings. The highest BCUT2D eigenvalue weighted by molar-refractivity contribution is 5.98. The molecule has 3 heterocycles. The Bertz CT molecular complexity index is 1390. The fourth-order valence-electron chi connectivity index (χ4n) is 4.77. The molecule has 39 heavy (non-hydrogen) atoms. The van der Waals surface area contributed by atoms with Crippen LogP contribution in [-0.4, -0.2) is 64.1 Å². The van der Waals surface area contributed by atoms with E-state index in [0.717, 1.165) is 24.3 Å². The standard InChI is InChI=1S/C26H23F6N5O2/c27-25(28,29)18-4-1-3-17(13-18)16-36-11-12-37-22(24(36)39)15-21(33-37)23(38)35-9-7-34(8-10-35)20-6-2-5-19(14-20)26(30,31)32/h1-6,13-15H,7-12,16H2. The highest BCUT2D eigenvalue weighted by Crippen LogP contribution is 2.32. The Kier molecular flexibility index (Phi) is 6.77. The first-order valence-corrected chi connectivity index (χ1v) is 12.1.